The number of carbonyl (C=O) groups excluding carboxylic acids is 2. The third-order valence-electron chi connectivity index (χ3n) is 7.88. The van der Waals surface area contributed by atoms with Crippen molar-refractivity contribution in [2.45, 2.75) is 65.8 Å². The van der Waals surface area contributed by atoms with E-state index in [4.69, 9.17) is 5.73 Å². The molecule has 6 nitrogen and oxygen atoms in total. The molecule has 38 heavy (non-hydrogen) atoms. The number of nitrogens with one attached hydrogen (secondary N) is 1. The normalized spacial score (nSPS) is 15.2. The number of fused-ring (bicyclic) bond motifs is 1. The molecule has 0 radical (unpaired) electrons. The van der Waals surface area contributed by atoms with Gasteiger partial charge in [-0.2, -0.15) is 0 Å². The summed E-state index contributed by atoms with van der Waals surface area (Å²) in [5, 5.41) is 3.89. The van der Waals surface area contributed by atoms with Crippen molar-refractivity contribution in [3.8, 4) is 0 Å². The SMILES string of the molecule is CC/C(C)=C(/CNC(=O)c1cc(N2CCC(c3ccc(F)cc3)CC2)cc2c1c(C)cn2C(C)C)C(N)=O. The molecule has 1 saturated heterocycles. The van der Waals surface area contributed by atoms with Crippen molar-refractivity contribution in [3.63, 3.8) is 0 Å². The largest absolute Gasteiger partial charge is 0.371 e. The van der Waals surface area contributed by atoms with Crippen molar-refractivity contribution in [3.05, 3.63) is 76.2 Å². The van der Waals surface area contributed by atoms with Gasteiger partial charge in [-0.05, 0) is 88.3 Å². The zero-order chi connectivity index (χ0) is 27.6. The quantitative estimate of drug-likeness (QED) is 0.359. The topological polar surface area (TPSA) is 80.4 Å². The summed E-state index contributed by atoms with van der Waals surface area (Å²) in [6, 6.07) is 11.2. The lowest BCUT2D eigenvalue weighted by molar-refractivity contribution is -0.114. The van der Waals surface area contributed by atoms with Crippen LogP contribution in [0.5, 0.6) is 0 Å². The number of amides is 2. The van der Waals surface area contributed by atoms with Crippen molar-refractivity contribution in [1.29, 1.82) is 0 Å². The van der Waals surface area contributed by atoms with Crippen molar-refractivity contribution in [2.75, 3.05) is 24.5 Å². The molecule has 2 heterocycles. The number of aryl methyl sites for hydroxylation is 1. The molecule has 0 spiro atoms. The van der Waals surface area contributed by atoms with Crippen molar-refractivity contribution in [2.24, 2.45) is 5.73 Å². The number of carbonyl (C=O) groups is 2. The van der Waals surface area contributed by atoms with Gasteiger partial charge < -0.3 is 20.5 Å². The smallest absolute Gasteiger partial charge is 0.252 e. The maximum absolute atomic E-state index is 13.6. The van der Waals surface area contributed by atoms with E-state index in [1.54, 1.807) is 0 Å². The van der Waals surface area contributed by atoms with E-state index in [9.17, 15) is 14.0 Å². The first-order valence-electron chi connectivity index (χ1n) is 13.5. The molecule has 1 fully saturated rings. The maximum atomic E-state index is 13.6. The van der Waals surface area contributed by atoms with Crippen LogP contribution in [0.4, 0.5) is 10.1 Å². The minimum Gasteiger partial charge on any atom is -0.371 e. The molecule has 0 aliphatic carbocycles. The van der Waals surface area contributed by atoms with Crippen LogP contribution in [0.1, 0.15) is 80.4 Å². The van der Waals surface area contributed by atoms with E-state index in [1.165, 1.54) is 17.7 Å². The Morgan fingerprint density at radius 2 is 1.79 bits per heavy atom. The Labute approximate surface area is 224 Å². The Kier molecular flexibility index (Phi) is 8.24. The van der Waals surface area contributed by atoms with Crippen molar-refractivity contribution >= 4 is 28.4 Å². The molecule has 1 aliphatic heterocycles. The predicted molar refractivity (Wildman–Crippen MR) is 152 cm³/mol. The summed E-state index contributed by atoms with van der Waals surface area (Å²) in [7, 11) is 0. The number of nitrogens with two attached hydrogens (primary N) is 1. The highest BCUT2D eigenvalue weighted by molar-refractivity contribution is 6.09. The van der Waals surface area contributed by atoms with Crippen LogP contribution in [-0.2, 0) is 4.79 Å². The molecule has 1 aromatic heterocycles. The standard InChI is InChI=1S/C31H39FN4O2/c1-6-20(4)27(30(33)37)17-34-31(38)26-15-25(16-28-29(26)21(5)18-36(28)19(2)3)35-13-11-23(12-14-35)22-7-9-24(32)10-8-22/h7-10,15-16,18-19,23H,6,11-14,17H2,1-5H3,(H2,33,37)(H,34,38)/b27-20-. The zero-order valence-corrected chi connectivity index (χ0v) is 23.1. The Morgan fingerprint density at radius 1 is 1.13 bits per heavy atom. The van der Waals surface area contributed by atoms with Gasteiger partial charge in [-0.15, -0.1) is 0 Å². The summed E-state index contributed by atoms with van der Waals surface area (Å²) in [5.41, 5.74) is 11.8. The number of allylic oxidation sites excluding steroid dienone is 1. The van der Waals surface area contributed by atoms with Crippen molar-refractivity contribution in [1.82, 2.24) is 9.88 Å². The van der Waals surface area contributed by atoms with E-state index < -0.39 is 5.91 Å². The molecule has 1 aliphatic rings. The second-order valence-corrected chi connectivity index (χ2v) is 10.7. The van der Waals surface area contributed by atoms with Crippen LogP contribution in [-0.4, -0.2) is 36.0 Å². The second kappa shape index (κ2) is 11.4. The van der Waals surface area contributed by atoms with E-state index in [2.05, 4.69) is 40.9 Å². The molecule has 4 rings (SSSR count). The monoisotopic (exact) mass is 518 g/mol. The number of nitrogens with zero attached hydrogens (tertiary/aromatic N) is 2. The first-order valence-corrected chi connectivity index (χ1v) is 13.5. The lowest BCUT2D eigenvalue weighted by Gasteiger charge is -2.34. The Balaban J connectivity index is 1.65. The van der Waals surface area contributed by atoms with Crippen LogP contribution in [0.25, 0.3) is 10.9 Å². The van der Waals surface area contributed by atoms with Gasteiger partial charge in [-0.1, -0.05) is 24.6 Å². The third-order valence-corrected chi connectivity index (χ3v) is 7.88. The van der Waals surface area contributed by atoms with Gasteiger partial charge in [0, 0.05) is 48.5 Å². The van der Waals surface area contributed by atoms with Crippen LogP contribution in [0.3, 0.4) is 0 Å². The van der Waals surface area contributed by atoms with Gasteiger partial charge in [0.05, 0.1) is 11.1 Å². The lowest BCUT2D eigenvalue weighted by atomic mass is 9.89. The number of anilines is 1. The van der Waals surface area contributed by atoms with Crippen LogP contribution < -0.4 is 16.0 Å². The predicted octanol–water partition coefficient (Wildman–Crippen LogP) is 6.00. The van der Waals surface area contributed by atoms with Gasteiger partial charge in [-0.3, -0.25) is 9.59 Å². The van der Waals surface area contributed by atoms with E-state index in [0.717, 1.165) is 53.7 Å². The van der Waals surface area contributed by atoms with Gasteiger partial charge in [0.15, 0.2) is 0 Å². The molecule has 0 atom stereocenters. The number of piperidine rings is 1. The number of primary amides is 1. The number of halogens is 1. The number of hydrogen-bond acceptors (Lipinski definition) is 3. The maximum Gasteiger partial charge on any atom is 0.252 e. The van der Waals surface area contributed by atoms with E-state index in [1.807, 2.05) is 39.0 Å². The highest BCUT2D eigenvalue weighted by Gasteiger charge is 2.24. The fourth-order valence-corrected chi connectivity index (χ4v) is 5.49. The fourth-order valence-electron chi connectivity index (χ4n) is 5.49. The van der Waals surface area contributed by atoms with E-state index >= 15 is 0 Å². The Hall–Kier alpha value is -3.61. The van der Waals surface area contributed by atoms with Gasteiger partial charge in [0.25, 0.3) is 5.91 Å². The molecule has 3 aromatic rings. The Morgan fingerprint density at radius 3 is 2.37 bits per heavy atom. The average molecular weight is 519 g/mol. The van der Waals surface area contributed by atoms with Crippen molar-refractivity contribution < 1.29 is 14.0 Å². The molecule has 2 aromatic carbocycles. The highest BCUT2D eigenvalue weighted by atomic mass is 19.1. The lowest BCUT2D eigenvalue weighted by Crippen LogP contribution is -2.34. The van der Waals surface area contributed by atoms with Crippen LogP contribution in [0.15, 0.2) is 53.7 Å². The number of aromatic nitrogens is 1. The minimum absolute atomic E-state index is 0.104. The number of hydrogen-bond donors (Lipinski definition) is 2. The Bertz CT molecular complexity index is 1360. The van der Waals surface area contributed by atoms with E-state index in [-0.39, 0.29) is 24.3 Å². The van der Waals surface area contributed by atoms with E-state index in [0.29, 0.717) is 23.5 Å². The second-order valence-electron chi connectivity index (χ2n) is 10.7. The summed E-state index contributed by atoms with van der Waals surface area (Å²) >= 11 is 0. The minimum atomic E-state index is -0.505. The summed E-state index contributed by atoms with van der Waals surface area (Å²) < 4.78 is 15.6. The molecule has 2 amide bonds. The molecule has 3 N–H and O–H groups in total. The summed E-state index contributed by atoms with van der Waals surface area (Å²) in [5.74, 6) is -0.544. The molecule has 0 saturated carbocycles. The molecule has 0 unspecified atom stereocenters. The third kappa shape index (κ3) is 5.62. The summed E-state index contributed by atoms with van der Waals surface area (Å²) in [4.78, 5) is 27.9. The molecular formula is C31H39FN4O2. The fraction of sp³-hybridized carbons (Fsp3) is 0.419. The van der Waals surface area contributed by atoms with Gasteiger partial charge in [-0.25, -0.2) is 4.39 Å². The highest BCUT2D eigenvalue weighted by Crippen LogP contribution is 2.35. The first-order chi connectivity index (χ1) is 18.1. The van der Waals surface area contributed by atoms with Crippen LogP contribution >= 0.6 is 0 Å². The molecular weight excluding hydrogens is 479 g/mol. The van der Waals surface area contributed by atoms with Gasteiger partial charge in [0.1, 0.15) is 5.82 Å². The van der Waals surface area contributed by atoms with Crippen LogP contribution in [0.2, 0.25) is 0 Å². The van der Waals surface area contributed by atoms with Gasteiger partial charge in [0.2, 0.25) is 5.91 Å². The van der Waals surface area contributed by atoms with Gasteiger partial charge >= 0.3 is 0 Å². The summed E-state index contributed by atoms with van der Waals surface area (Å²) in [6.07, 6.45) is 4.71. The molecule has 202 valence electrons. The van der Waals surface area contributed by atoms with Crippen LogP contribution in [0, 0.1) is 12.7 Å². The first kappa shape index (κ1) is 27.4. The average Bonchev–Trinajstić information content (AvgIpc) is 3.25. The number of benzene rings is 2. The number of rotatable bonds is 8. The summed E-state index contributed by atoms with van der Waals surface area (Å²) in [6.45, 7) is 11.9. The zero-order valence-electron chi connectivity index (χ0n) is 23.1. The molecule has 0 bridgehead atoms. The molecule has 7 heteroatoms.